The lowest BCUT2D eigenvalue weighted by molar-refractivity contribution is -0.0807. The van der Waals surface area contributed by atoms with Gasteiger partial charge in [0.25, 0.3) is 0 Å². The lowest BCUT2D eigenvalue weighted by Crippen LogP contribution is -2.41. The van der Waals surface area contributed by atoms with Crippen LogP contribution < -0.4 is 5.32 Å². The summed E-state index contributed by atoms with van der Waals surface area (Å²) in [6.07, 6.45) is 14.9. The van der Waals surface area contributed by atoms with Crippen molar-refractivity contribution in [3.05, 3.63) is 23.9 Å². The molecule has 0 radical (unpaired) electrons. The maximum absolute atomic E-state index is 5.70. The van der Waals surface area contributed by atoms with Gasteiger partial charge >= 0.3 is 0 Å². The van der Waals surface area contributed by atoms with Crippen molar-refractivity contribution in [2.75, 3.05) is 66.0 Å². The second-order valence-corrected chi connectivity index (χ2v) is 10.8. The topological polar surface area (TPSA) is 65.1 Å². The van der Waals surface area contributed by atoms with Gasteiger partial charge in [0.05, 0.1) is 13.2 Å². The fraction of sp³-hybridized carbons (Fsp3) is 0.821. The minimum Gasteiger partial charge on any atom is -0.367 e. The molecule has 2 heterocycles. The number of hydrogen-bond donors (Lipinski definition) is 1. The highest BCUT2D eigenvalue weighted by Gasteiger charge is 2.33. The third kappa shape index (κ3) is 10.3. The summed E-state index contributed by atoms with van der Waals surface area (Å²) in [7, 11) is 3.34. The molecule has 1 saturated heterocycles. The largest absolute Gasteiger partial charge is 0.367 e. The fourth-order valence-electron chi connectivity index (χ4n) is 5.71. The SMILES string of the molecule is COCOCC(CCC1(CCN2CCC(Nc3ccc(C)cn3)CC2)CCCCC1)COCOC. The Labute approximate surface area is 213 Å². The predicted octanol–water partition coefficient (Wildman–Crippen LogP) is 5.24. The van der Waals surface area contributed by atoms with E-state index in [0.717, 1.165) is 12.2 Å². The van der Waals surface area contributed by atoms with Crippen molar-refractivity contribution in [3.63, 3.8) is 0 Å². The number of pyridine rings is 1. The predicted molar refractivity (Wildman–Crippen MR) is 141 cm³/mol. The Morgan fingerprint density at radius 3 is 2.29 bits per heavy atom. The Kier molecular flexibility index (Phi) is 12.8. The van der Waals surface area contributed by atoms with Gasteiger partial charge in [0.2, 0.25) is 0 Å². The van der Waals surface area contributed by atoms with E-state index in [2.05, 4.69) is 34.3 Å². The van der Waals surface area contributed by atoms with Gasteiger partial charge in [-0.3, -0.25) is 0 Å². The Bertz CT molecular complexity index is 663. The zero-order valence-corrected chi connectivity index (χ0v) is 22.4. The van der Waals surface area contributed by atoms with Crippen LogP contribution in [-0.2, 0) is 18.9 Å². The first-order valence-electron chi connectivity index (χ1n) is 13.7. The average Bonchev–Trinajstić information content (AvgIpc) is 2.89. The van der Waals surface area contributed by atoms with E-state index in [1.54, 1.807) is 14.2 Å². The van der Waals surface area contributed by atoms with Gasteiger partial charge in [0.1, 0.15) is 19.4 Å². The molecule has 0 atom stereocenters. The molecule has 2 aliphatic rings. The van der Waals surface area contributed by atoms with Gasteiger partial charge in [-0.2, -0.15) is 0 Å². The van der Waals surface area contributed by atoms with Crippen molar-refractivity contribution in [3.8, 4) is 0 Å². The van der Waals surface area contributed by atoms with Crippen molar-refractivity contribution in [2.45, 2.75) is 77.2 Å². The van der Waals surface area contributed by atoms with Crippen molar-refractivity contribution in [1.82, 2.24) is 9.88 Å². The second kappa shape index (κ2) is 15.8. The number of aromatic nitrogens is 1. The molecule has 0 unspecified atom stereocenters. The molecule has 1 N–H and O–H groups in total. The van der Waals surface area contributed by atoms with Crippen LogP contribution in [0.1, 0.15) is 69.8 Å². The number of anilines is 1. The number of ether oxygens (including phenoxy) is 4. The molecule has 1 aliphatic carbocycles. The third-order valence-corrected chi connectivity index (χ3v) is 7.92. The van der Waals surface area contributed by atoms with Crippen LogP contribution >= 0.6 is 0 Å². The minimum absolute atomic E-state index is 0.344. The molecular weight excluding hydrogens is 442 g/mol. The van der Waals surface area contributed by atoms with E-state index in [-0.39, 0.29) is 0 Å². The Hall–Kier alpha value is -1.25. The van der Waals surface area contributed by atoms with Crippen LogP contribution in [0.3, 0.4) is 0 Å². The number of methoxy groups -OCH3 is 2. The second-order valence-electron chi connectivity index (χ2n) is 10.8. The van der Waals surface area contributed by atoms with Gasteiger partial charge in [-0.1, -0.05) is 25.3 Å². The van der Waals surface area contributed by atoms with E-state index in [4.69, 9.17) is 18.9 Å². The van der Waals surface area contributed by atoms with E-state index in [1.165, 1.54) is 83.0 Å². The molecule has 0 amide bonds. The first kappa shape index (κ1) is 28.3. The number of piperidine rings is 1. The van der Waals surface area contributed by atoms with Crippen LogP contribution in [0.25, 0.3) is 0 Å². The Morgan fingerprint density at radius 1 is 1.00 bits per heavy atom. The average molecular weight is 492 g/mol. The molecule has 0 aromatic carbocycles. The Balaban J connectivity index is 1.44. The maximum Gasteiger partial charge on any atom is 0.146 e. The summed E-state index contributed by atoms with van der Waals surface area (Å²) in [6.45, 7) is 7.72. The highest BCUT2D eigenvalue weighted by Crippen LogP contribution is 2.44. The first-order chi connectivity index (χ1) is 17.1. The lowest BCUT2D eigenvalue weighted by atomic mass is 9.68. The normalized spacial score (nSPS) is 19.3. The molecule has 1 aromatic rings. The van der Waals surface area contributed by atoms with Gasteiger partial charge in [0, 0.05) is 45.5 Å². The highest BCUT2D eigenvalue weighted by atomic mass is 16.7. The van der Waals surface area contributed by atoms with Crippen molar-refractivity contribution >= 4 is 5.82 Å². The number of hydrogen-bond acceptors (Lipinski definition) is 7. The molecule has 2 fully saturated rings. The molecule has 1 aromatic heterocycles. The summed E-state index contributed by atoms with van der Waals surface area (Å²) >= 11 is 0. The van der Waals surface area contributed by atoms with Crippen LogP contribution in [0.15, 0.2) is 18.3 Å². The molecule has 7 nitrogen and oxygen atoms in total. The molecule has 7 heteroatoms. The van der Waals surface area contributed by atoms with Crippen LogP contribution in [0.4, 0.5) is 5.82 Å². The summed E-state index contributed by atoms with van der Waals surface area (Å²) in [5.74, 6) is 1.39. The number of rotatable bonds is 16. The summed E-state index contributed by atoms with van der Waals surface area (Å²) in [4.78, 5) is 7.22. The Morgan fingerprint density at radius 2 is 1.69 bits per heavy atom. The van der Waals surface area contributed by atoms with Crippen LogP contribution in [0.2, 0.25) is 0 Å². The fourth-order valence-corrected chi connectivity index (χ4v) is 5.71. The van der Waals surface area contributed by atoms with Gasteiger partial charge in [0.15, 0.2) is 0 Å². The van der Waals surface area contributed by atoms with Crippen molar-refractivity contribution < 1.29 is 18.9 Å². The molecule has 1 aliphatic heterocycles. The molecule has 0 bridgehead atoms. The zero-order valence-electron chi connectivity index (χ0n) is 22.4. The van der Waals surface area contributed by atoms with Crippen LogP contribution in [0.5, 0.6) is 0 Å². The van der Waals surface area contributed by atoms with Crippen molar-refractivity contribution in [1.29, 1.82) is 0 Å². The molecule has 3 rings (SSSR count). The van der Waals surface area contributed by atoms with Crippen molar-refractivity contribution in [2.24, 2.45) is 11.3 Å². The smallest absolute Gasteiger partial charge is 0.146 e. The van der Waals surface area contributed by atoms with Gasteiger partial charge in [-0.15, -0.1) is 0 Å². The third-order valence-electron chi connectivity index (χ3n) is 7.92. The van der Waals surface area contributed by atoms with Gasteiger partial charge in [-0.25, -0.2) is 4.98 Å². The molecule has 200 valence electrons. The molecular formula is C28H49N3O4. The molecule has 0 spiro atoms. The summed E-state index contributed by atoms with van der Waals surface area (Å²) in [5, 5.41) is 3.64. The van der Waals surface area contributed by atoms with E-state index in [0.29, 0.717) is 44.2 Å². The van der Waals surface area contributed by atoms with Gasteiger partial charge in [-0.05, 0) is 75.5 Å². The first-order valence-corrected chi connectivity index (χ1v) is 13.7. The maximum atomic E-state index is 5.70. The highest BCUT2D eigenvalue weighted by molar-refractivity contribution is 5.36. The summed E-state index contributed by atoms with van der Waals surface area (Å²) < 4.78 is 21.6. The molecule has 1 saturated carbocycles. The zero-order chi connectivity index (χ0) is 24.8. The molecule has 35 heavy (non-hydrogen) atoms. The number of nitrogens with one attached hydrogen (secondary N) is 1. The van der Waals surface area contributed by atoms with Crippen LogP contribution in [0, 0.1) is 18.3 Å². The number of aryl methyl sites for hydroxylation is 1. The van der Waals surface area contributed by atoms with E-state index in [9.17, 15) is 0 Å². The number of likely N-dealkylation sites (tertiary alicyclic amines) is 1. The standard InChI is InChI=1S/C28H49N3O4/c1-24-7-8-27(29-19-24)30-26-10-16-31(17-11-26)18-15-28(12-5-4-6-13-28)14-9-25(20-34-22-32-2)21-35-23-33-3/h7-8,19,25-26H,4-6,9-18,20-23H2,1-3H3,(H,29,30). The minimum atomic E-state index is 0.344. The quantitative estimate of drug-likeness (QED) is 0.250. The van der Waals surface area contributed by atoms with E-state index < -0.39 is 0 Å². The van der Waals surface area contributed by atoms with E-state index in [1.807, 2.05) is 6.20 Å². The summed E-state index contributed by atoms with van der Waals surface area (Å²) in [5.41, 5.74) is 1.68. The van der Waals surface area contributed by atoms with E-state index >= 15 is 0 Å². The van der Waals surface area contributed by atoms with Crippen LogP contribution in [-0.4, -0.2) is 76.6 Å². The number of nitrogens with zero attached hydrogens (tertiary/aromatic N) is 2. The lowest BCUT2D eigenvalue weighted by Gasteiger charge is -2.41. The van der Waals surface area contributed by atoms with Gasteiger partial charge < -0.3 is 29.2 Å². The summed E-state index contributed by atoms with van der Waals surface area (Å²) in [6, 6.07) is 4.76. The monoisotopic (exact) mass is 491 g/mol.